The van der Waals surface area contributed by atoms with Gasteiger partial charge in [-0.05, 0) is 14.1 Å². The lowest BCUT2D eigenvalue weighted by molar-refractivity contribution is 0.122. The maximum atomic E-state index is 11.1. The number of halogens is 1. The van der Waals surface area contributed by atoms with Crippen LogP contribution in [0.15, 0.2) is 0 Å². The first-order valence-electron chi connectivity index (χ1n) is 4.73. The fourth-order valence-electron chi connectivity index (χ4n) is 0.792. The van der Waals surface area contributed by atoms with Crippen molar-refractivity contribution in [2.24, 2.45) is 0 Å². The van der Waals surface area contributed by atoms with Crippen LogP contribution >= 0.6 is 11.6 Å². The van der Waals surface area contributed by atoms with E-state index < -0.39 is 10.0 Å². The van der Waals surface area contributed by atoms with Gasteiger partial charge in [0.15, 0.2) is 0 Å². The average Bonchev–Trinajstić information content (AvgIpc) is 2.10. The molecule has 0 aliphatic rings. The van der Waals surface area contributed by atoms with Crippen LogP contribution in [0.25, 0.3) is 0 Å². The maximum Gasteiger partial charge on any atom is 0.212 e. The molecule has 0 radical (unpaired) electrons. The molecule has 0 aliphatic carbocycles. The number of ether oxygens (including phenoxy) is 1. The Balaban J connectivity index is 3.38. The maximum absolute atomic E-state index is 11.1. The van der Waals surface area contributed by atoms with Gasteiger partial charge < -0.3 is 9.64 Å². The molecular weight excluding hydrogens is 240 g/mol. The van der Waals surface area contributed by atoms with Crippen LogP contribution in [0, 0.1) is 0 Å². The third-order valence-corrected chi connectivity index (χ3v) is 3.40. The van der Waals surface area contributed by atoms with Crippen LogP contribution in [0.2, 0.25) is 0 Å². The summed E-state index contributed by atoms with van der Waals surface area (Å²) in [4.78, 5) is 2.00. The molecule has 92 valence electrons. The summed E-state index contributed by atoms with van der Waals surface area (Å²) in [5.74, 6) is 0.0586. The summed E-state index contributed by atoms with van der Waals surface area (Å²) in [5.41, 5.74) is 0. The third-order valence-electron chi connectivity index (χ3n) is 1.60. The average molecular weight is 259 g/mol. The van der Waals surface area contributed by atoms with E-state index in [9.17, 15) is 8.42 Å². The zero-order valence-electron chi connectivity index (χ0n) is 9.20. The highest BCUT2D eigenvalue weighted by Crippen LogP contribution is 1.86. The van der Waals surface area contributed by atoms with Crippen molar-refractivity contribution in [3.8, 4) is 0 Å². The van der Waals surface area contributed by atoms with E-state index >= 15 is 0 Å². The molecule has 15 heavy (non-hydrogen) atoms. The standard InChI is InChI=1S/C8H19ClN2O3S/c1-11(2)5-7-14-6-4-10-15(12,13)8-3-9/h10H,3-8H2,1-2H3. The van der Waals surface area contributed by atoms with Crippen molar-refractivity contribution >= 4 is 21.6 Å². The second-order valence-electron chi connectivity index (χ2n) is 3.32. The van der Waals surface area contributed by atoms with Crippen LogP contribution in [0.5, 0.6) is 0 Å². The van der Waals surface area contributed by atoms with Crippen molar-refractivity contribution in [1.29, 1.82) is 0 Å². The molecule has 0 aromatic carbocycles. The molecule has 0 rings (SSSR count). The second-order valence-corrected chi connectivity index (χ2v) is 5.62. The lowest BCUT2D eigenvalue weighted by Crippen LogP contribution is -2.30. The van der Waals surface area contributed by atoms with Crippen LogP contribution in [-0.4, -0.2) is 65.3 Å². The van der Waals surface area contributed by atoms with Crippen molar-refractivity contribution in [2.75, 3.05) is 52.0 Å². The number of alkyl halides is 1. The van der Waals surface area contributed by atoms with Gasteiger partial charge in [-0.3, -0.25) is 0 Å². The molecule has 0 aromatic rings. The first-order valence-corrected chi connectivity index (χ1v) is 6.92. The Labute approximate surface area is 96.8 Å². The number of rotatable bonds is 9. The van der Waals surface area contributed by atoms with Gasteiger partial charge in [0.05, 0.1) is 19.0 Å². The van der Waals surface area contributed by atoms with E-state index in [-0.39, 0.29) is 11.6 Å². The van der Waals surface area contributed by atoms with Gasteiger partial charge in [-0.25, -0.2) is 13.1 Å². The van der Waals surface area contributed by atoms with Crippen molar-refractivity contribution < 1.29 is 13.2 Å². The number of sulfonamides is 1. The lowest BCUT2D eigenvalue weighted by Gasteiger charge is -2.10. The molecule has 0 saturated heterocycles. The highest BCUT2D eigenvalue weighted by molar-refractivity contribution is 7.89. The second kappa shape index (κ2) is 8.29. The Morgan fingerprint density at radius 1 is 1.33 bits per heavy atom. The third kappa shape index (κ3) is 10.4. The molecule has 0 amide bonds. The molecule has 0 spiro atoms. The van der Waals surface area contributed by atoms with Gasteiger partial charge in [0.25, 0.3) is 0 Å². The highest BCUT2D eigenvalue weighted by atomic mass is 35.5. The van der Waals surface area contributed by atoms with Gasteiger partial charge in [-0.2, -0.15) is 0 Å². The van der Waals surface area contributed by atoms with Gasteiger partial charge in [0, 0.05) is 19.0 Å². The summed E-state index contributed by atoms with van der Waals surface area (Å²) in [7, 11) is 0.694. The summed E-state index contributed by atoms with van der Waals surface area (Å²) in [6.45, 7) is 2.11. The number of likely N-dealkylation sites (N-methyl/N-ethyl adjacent to an activating group) is 1. The molecular formula is C8H19ClN2O3S. The Morgan fingerprint density at radius 2 is 2.00 bits per heavy atom. The Bertz CT molecular complexity index is 244. The highest BCUT2D eigenvalue weighted by Gasteiger charge is 2.07. The van der Waals surface area contributed by atoms with Crippen LogP contribution in [-0.2, 0) is 14.8 Å². The normalized spacial score (nSPS) is 12.3. The minimum absolute atomic E-state index is 0.0494. The molecule has 0 aromatic heterocycles. The van der Waals surface area contributed by atoms with E-state index in [0.717, 1.165) is 6.54 Å². The van der Waals surface area contributed by atoms with Gasteiger partial charge in [0.1, 0.15) is 0 Å². The SMILES string of the molecule is CN(C)CCOCCNS(=O)(=O)CCCl. The Hall–Kier alpha value is 0.120. The molecule has 7 heteroatoms. The zero-order valence-corrected chi connectivity index (χ0v) is 10.8. The van der Waals surface area contributed by atoms with E-state index in [1.807, 2.05) is 19.0 Å². The summed E-state index contributed by atoms with van der Waals surface area (Å²) in [6, 6.07) is 0. The van der Waals surface area contributed by atoms with Gasteiger partial charge in [-0.15, -0.1) is 11.6 Å². The van der Waals surface area contributed by atoms with Crippen LogP contribution in [0.1, 0.15) is 0 Å². The van der Waals surface area contributed by atoms with Crippen molar-refractivity contribution in [1.82, 2.24) is 9.62 Å². The predicted molar refractivity (Wildman–Crippen MR) is 61.9 cm³/mol. The Morgan fingerprint density at radius 3 is 2.53 bits per heavy atom. The first kappa shape index (κ1) is 15.1. The molecule has 0 bridgehead atoms. The molecule has 5 nitrogen and oxygen atoms in total. The monoisotopic (exact) mass is 258 g/mol. The topological polar surface area (TPSA) is 58.6 Å². The van der Waals surface area contributed by atoms with E-state index in [4.69, 9.17) is 16.3 Å². The summed E-state index contributed by atoms with van der Waals surface area (Å²) in [5, 5.41) is 0. The number of hydrogen-bond acceptors (Lipinski definition) is 4. The lowest BCUT2D eigenvalue weighted by atomic mass is 10.6. The van der Waals surface area contributed by atoms with Crippen molar-refractivity contribution in [3.63, 3.8) is 0 Å². The Kier molecular flexibility index (Phi) is 8.36. The minimum atomic E-state index is -3.21. The zero-order chi connectivity index (χ0) is 11.7. The minimum Gasteiger partial charge on any atom is -0.379 e. The van der Waals surface area contributed by atoms with Gasteiger partial charge in [-0.1, -0.05) is 0 Å². The summed E-state index contributed by atoms with van der Waals surface area (Å²) >= 11 is 5.33. The van der Waals surface area contributed by atoms with E-state index in [1.54, 1.807) is 0 Å². The van der Waals surface area contributed by atoms with E-state index in [1.165, 1.54) is 0 Å². The number of hydrogen-bond donors (Lipinski definition) is 1. The largest absolute Gasteiger partial charge is 0.379 e. The predicted octanol–water partition coefficient (Wildman–Crippen LogP) is -0.277. The molecule has 0 fully saturated rings. The van der Waals surface area contributed by atoms with Crippen molar-refractivity contribution in [2.45, 2.75) is 0 Å². The number of nitrogens with zero attached hydrogens (tertiary/aromatic N) is 1. The van der Waals surface area contributed by atoms with Crippen LogP contribution < -0.4 is 4.72 Å². The summed E-state index contributed by atoms with van der Waals surface area (Å²) in [6.07, 6.45) is 0. The van der Waals surface area contributed by atoms with E-state index in [0.29, 0.717) is 19.8 Å². The van der Waals surface area contributed by atoms with Crippen LogP contribution in [0.3, 0.4) is 0 Å². The fraction of sp³-hybridized carbons (Fsp3) is 1.00. The molecule has 0 heterocycles. The molecule has 0 aliphatic heterocycles. The first-order chi connectivity index (χ1) is 6.98. The van der Waals surface area contributed by atoms with Gasteiger partial charge in [0.2, 0.25) is 10.0 Å². The molecule has 0 saturated carbocycles. The molecule has 0 atom stereocenters. The van der Waals surface area contributed by atoms with Gasteiger partial charge >= 0.3 is 0 Å². The quantitative estimate of drug-likeness (QED) is 0.457. The van der Waals surface area contributed by atoms with Crippen LogP contribution in [0.4, 0.5) is 0 Å². The smallest absolute Gasteiger partial charge is 0.212 e. The fourth-order valence-corrected chi connectivity index (χ4v) is 2.14. The summed E-state index contributed by atoms with van der Waals surface area (Å²) < 4.78 is 29.8. The van der Waals surface area contributed by atoms with Crippen molar-refractivity contribution in [3.05, 3.63) is 0 Å². The van der Waals surface area contributed by atoms with E-state index in [2.05, 4.69) is 4.72 Å². The number of nitrogens with one attached hydrogen (secondary N) is 1. The molecule has 1 N–H and O–H groups in total. The molecule has 0 unspecified atom stereocenters.